The van der Waals surface area contributed by atoms with Crippen LogP contribution in [0.15, 0.2) is 17.8 Å². The smallest absolute Gasteiger partial charge is 0.193 e. The third-order valence-electron chi connectivity index (χ3n) is 2.68. The second kappa shape index (κ2) is 5.70. The number of thiazole rings is 1. The van der Waals surface area contributed by atoms with Gasteiger partial charge in [-0.15, -0.1) is 11.3 Å². The molecule has 0 aliphatic rings. The summed E-state index contributed by atoms with van der Waals surface area (Å²) in [6, 6.07) is 0.539. The van der Waals surface area contributed by atoms with Crippen LogP contribution in [0.5, 0.6) is 0 Å². The number of hydrogen-bond acceptors (Lipinski definition) is 4. The number of nitrogens with zero attached hydrogens (tertiary/aromatic N) is 2. The minimum absolute atomic E-state index is 0.539. The molecule has 1 N–H and O–H groups in total. The predicted octanol–water partition coefficient (Wildman–Crippen LogP) is 2.28. The van der Waals surface area contributed by atoms with E-state index < -0.39 is 0 Å². The molecular weight excluding hydrogens is 238 g/mol. The standard InChI is InChI=1S/C11H17N3S2/c1-12-9(3-5-15-2)7-10-8-14-4-6-16-11(14)13-10/h4,6,8-9,12H,3,5,7H2,1-2H3. The number of rotatable bonds is 6. The second-order valence-electron chi connectivity index (χ2n) is 3.80. The first-order chi connectivity index (χ1) is 7.83. The Bertz CT molecular complexity index is 407. The molecule has 0 bridgehead atoms. The molecule has 2 heterocycles. The van der Waals surface area contributed by atoms with E-state index in [0.29, 0.717) is 6.04 Å². The molecule has 0 saturated heterocycles. The van der Waals surface area contributed by atoms with Crippen LogP contribution in [0.25, 0.3) is 4.96 Å². The maximum Gasteiger partial charge on any atom is 0.193 e. The molecule has 2 aromatic rings. The van der Waals surface area contributed by atoms with E-state index in [4.69, 9.17) is 0 Å². The molecule has 0 spiro atoms. The first-order valence-electron chi connectivity index (χ1n) is 5.40. The molecule has 1 atom stereocenters. The van der Waals surface area contributed by atoms with Crippen molar-refractivity contribution in [1.82, 2.24) is 14.7 Å². The molecule has 0 aromatic carbocycles. The van der Waals surface area contributed by atoms with Gasteiger partial charge in [0.25, 0.3) is 0 Å². The number of imidazole rings is 1. The Hall–Kier alpha value is -0.520. The Balaban J connectivity index is 1.99. The lowest BCUT2D eigenvalue weighted by molar-refractivity contribution is 0.542. The molecule has 1 unspecified atom stereocenters. The number of likely N-dealkylation sites (N-methyl/N-ethyl adjacent to an activating group) is 1. The van der Waals surface area contributed by atoms with Crippen LogP contribution >= 0.6 is 23.1 Å². The van der Waals surface area contributed by atoms with Gasteiger partial charge in [0.15, 0.2) is 4.96 Å². The summed E-state index contributed by atoms with van der Waals surface area (Å²) < 4.78 is 2.10. The summed E-state index contributed by atoms with van der Waals surface area (Å²) in [7, 11) is 2.03. The van der Waals surface area contributed by atoms with E-state index in [-0.39, 0.29) is 0 Å². The molecule has 16 heavy (non-hydrogen) atoms. The predicted molar refractivity (Wildman–Crippen MR) is 72.6 cm³/mol. The van der Waals surface area contributed by atoms with Crippen LogP contribution in [-0.2, 0) is 6.42 Å². The van der Waals surface area contributed by atoms with Gasteiger partial charge in [0.05, 0.1) is 5.69 Å². The second-order valence-corrected chi connectivity index (χ2v) is 5.65. The SMILES string of the molecule is CNC(CCSC)Cc1cn2ccsc2n1. The summed E-state index contributed by atoms with van der Waals surface area (Å²) in [6.45, 7) is 0. The molecule has 0 aliphatic carbocycles. The highest BCUT2D eigenvalue weighted by atomic mass is 32.2. The molecule has 0 aliphatic heterocycles. The minimum atomic E-state index is 0.539. The summed E-state index contributed by atoms with van der Waals surface area (Å²) in [5.41, 5.74) is 1.19. The van der Waals surface area contributed by atoms with Gasteiger partial charge in [0.2, 0.25) is 0 Å². The van der Waals surface area contributed by atoms with Crippen LogP contribution < -0.4 is 5.32 Å². The summed E-state index contributed by atoms with van der Waals surface area (Å²) in [5, 5.41) is 5.43. The van der Waals surface area contributed by atoms with E-state index in [1.807, 2.05) is 18.8 Å². The molecule has 3 nitrogen and oxygen atoms in total. The molecule has 0 saturated carbocycles. The zero-order valence-corrected chi connectivity index (χ0v) is 11.3. The molecule has 0 amide bonds. The summed E-state index contributed by atoms with van der Waals surface area (Å²) in [6.07, 6.45) is 8.57. The molecule has 2 rings (SSSR count). The van der Waals surface area contributed by atoms with Crippen molar-refractivity contribution < 1.29 is 0 Å². The fourth-order valence-corrected chi connectivity index (χ4v) is 2.97. The van der Waals surface area contributed by atoms with Crippen LogP contribution in [0.3, 0.4) is 0 Å². The average molecular weight is 255 g/mol. The van der Waals surface area contributed by atoms with Crippen LogP contribution in [0.2, 0.25) is 0 Å². The van der Waals surface area contributed by atoms with E-state index in [9.17, 15) is 0 Å². The van der Waals surface area contributed by atoms with Gasteiger partial charge in [-0.1, -0.05) is 0 Å². The Morgan fingerprint density at radius 2 is 2.50 bits per heavy atom. The molecule has 2 aromatic heterocycles. The van der Waals surface area contributed by atoms with E-state index in [1.165, 1.54) is 17.9 Å². The number of fused-ring (bicyclic) bond motifs is 1. The van der Waals surface area contributed by atoms with Crippen LogP contribution in [-0.4, -0.2) is 34.5 Å². The van der Waals surface area contributed by atoms with Crippen LogP contribution in [0, 0.1) is 0 Å². The van der Waals surface area contributed by atoms with Crippen LogP contribution in [0.4, 0.5) is 0 Å². The highest BCUT2D eigenvalue weighted by molar-refractivity contribution is 7.98. The quantitative estimate of drug-likeness (QED) is 0.858. The maximum absolute atomic E-state index is 4.60. The fourth-order valence-electron chi connectivity index (χ4n) is 1.74. The lowest BCUT2D eigenvalue weighted by atomic mass is 10.1. The Labute approximate surface area is 104 Å². The third kappa shape index (κ3) is 2.78. The van der Waals surface area contributed by atoms with Gasteiger partial charge < -0.3 is 5.32 Å². The molecular formula is C11H17N3S2. The summed E-state index contributed by atoms with van der Waals surface area (Å²) >= 11 is 3.59. The topological polar surface area (TPSA) is 29.3 Å². The summed E-state index contributed by atoms with van der Waals surface area (Å²) in [5.74, 6) is 1.20. The van der Waals surface area contributed by atoms with E-state index in [2.05, 4.69) is 38.7 Å². The zero-order valence-electron chi connectivity index (χ0n) is 9.64. The van der Waals surface area contributed by atoms with E-state index >= 15 is 0 Å². The largest absolute Gasteiger partial charge is 0.317 e. The minimum Gasteiger partial charge on any atom is -0.317 e. The molecule has 0 fully saturated rings. The molecule has 5 heteroatoms. The average Bonchev–Trinajstić information content (AvgIpc) is 2.84. The van der Waals surface area contributed by atoms with Gasteiger partial charge in [-0.2, -0.15) is 11.8 Å². The van der Waals surface area contributed by atoms with Crippen molar-refractivity contribution in [3.05, 3.63) is 23.5 Å². The summed E-state index contributed by atoms with van der Waals surface area (Å²) in [4.78, 5) is 5.70. The van der Waals surface area contributed by atoms with E-state index in [0.717, 1.165) is 11.4 Å². The number of thioether (sulfide) groups is 1. The highest BCUT2D eigenvalue weighted by Gasteiger charge is 2.10. The number of aromatic nitrogens is 2. The zero-order chi connectivity index (χ0) is 11.4. The van der Waals surface area contributed by atoms with Crippen molar-refractivity contribution in [3.63, 3.8) is 0 Å². The van der Waals surface area contributed by atoms with E-state index in [1.54, 1.807) is 11.3 Å². The van der Waals surface area contributed by atoms with Crippen molar-refractivity contribution in [3.8, 4) is 0 Å². The fraction of sp³-hybridized carbons (Fsp3) is 0.545. The number of nitrogens with one attached hydrogen (secondary N) is 1. The first kappa shape index (κ1) is 12.0. The monoisotopic (exact) mass is 255 g/mol. The van der Waals surface area contributed by atoms with Gasteiger partial charge in [0.1, 0.15) is 0 Å². The van der Waals surface area contributed by atoms with Gasteiger partial charge >= 0.3 is 0 Å². The van der Waals surface area contributed by atoms with Crippen molar-refractivity contribution in [1.29, 1.82) is 0 Å². The van der Waals surface area contributed by atoms with Crippen molar-refractivity contribution in [2.24, 2.45) is 0 Å². The van der Waals surface area contributed by atoms with Crippen molar-refractivity contribution >= 4 is 28.1 Å². The van der Waals surface area contributed by atoms with Crippen LogP contribution in [0.1, 0.15) is 12.1 Å². The Morgan fingerprint density at radius 3 is 3.19 bits per heavy atom. The highest BCUT2D eigenvalue weighted by Crippen LogP contribution is 2.13. The maximum atomic E-state index is 4.60. The normalized spacial score (nSPS) is 13.4. The van der Waals surface area contributed by atoms with Gasteiger partial charge in [-0.25, -0.2) is 4.98 Å². The van der Waals surface area contributed by atoms with Gasteiger partial charge in [-0.05, 0) is 25.5 Å². The lowest BCUT2D eigenvalue weighted by Crippen LogP contribution is -2.28. The van der Waals surface area contributed by atoms with Crippen molar-refractivity contribution in [2.75, 3.05) is 19.1 Å². The van der Waals surface area contributed by atoms with Crippen molar-refractivity contribution in [2.45, 2.75) is 18.9 Å². The Morgan fingerprint density at radius 1 is 1.62 bits per heavy atom. The lowest BCUT2D eigenvalue weighted by Gasteiger charge is -2.13. The third-order valence-corrected chi connectivity index (χ3v) is 4.09. The molecule has 88 valence electrons. The van der Waals surface area contributed by atoms with Gasteiger partial charge in [-0.3, -0.25) is 4.40 Å². The molecule has 0 radical (unpaired) electrons. The first-order valence-corrected chi connectivity index (χ1v) is 7.68. The number of hydrogen-bond donors (Lipinski definition) is 1. The Kier molecular flexibility index (Phi) is 4.26. The van der Waals surface area contributed by atoms with Gasteiger partial charge in [0, 0.05) is 30.2 Å².